The van der Waals surface area contributed by atoms with Crippen molar-refractivity contribution in [2.45, 2.75) is 0 Å². The van der Waals surface area contributed by atoms with E-state index in [1.54, 1.807) is 0 Å². The van der Waals surface area contributed by atoms with Gasteiger partial charge >= 0.3 is 5.97 Å². The third-order valence-corrected chi connectivity index (χ3v) is 1.75. The summed E-state index contributed by atoms with van der Waals surface area (Å²) < 4.78 is 4.60. The Hall–Kier alpha value is -1.42. The minimum Gasteiger partial charge on any atom is -0.460 e. The zero-order valence-corrected chi connectivity index (χ0v) is 7.91. The largest absolute Gasteiger partial charge is 0.460 e. The van der Waals surface area contributed by atoms with Crippen molar-refractivity contribution in [1.29, 1.82) is 0 Å². The Labute approximate surface area is 85.2 Å². The van der Waals surface area contributed by atoms with Crippen molar-refractivity contribution in [3.63, 3.8) is 0 Å². The normalized spacial score (nSPS) is 15.4. The van der Waals surface area contributed by atoms with Gasteiger partial charge < -0.3 is 4.74 Å². The van der Waals surface area contributed by atoms with Crippen molar-refractivity contribution in [3.8, 4) is 0 Å². The van der Waals surface area contributed by atoms with Gasteiger partial charge in [-0.2, -0.15) is 0 Å². The van der Waals surface area contributed by atoms with Crippen LogP contribution in [0.2, 0.25) is 0 Å². The molecule has 0 aromatic rings. The summed E-state index contributed by atoms with van der Waals surface area (Å²) in [4.78, 5) is 32.6. The highest BCUT2D eigenvalue weighted by molar-refractivity contribution is 6.26. The molecule has 0 aromatic heterocycles. The van der Waals surface area contributed by atoms with E-state index >= 15 is 0 Å². The third kappa shape index (κ3) is 2.81. The van der Waals surface area contributed by atoms with Gasteiger partial charge in [0.05, 0.1) is 0 Å². The van der Waals surface area contributed by atoms with Crippen LogP contribution in [0, 0.1) is 0 Å². The van der Waals surface area contributed by atoms with E-state index in [1.807, 2.05) is 0 Å². The lowest BCUT2D eigenvalue weighted by Gasteiger charge is -2.06. The minimum absolute atomic E-state index is 0.163. The quantitative estimate of drug-likeness (QED) is 0.388. The number of halogens is 1. The Balaban J connectivity index is 2.56. The SMILES string of the molecule is O=C1C=CC(=O)C(COC(=O)CCl)=C1. The third-order valence-electron chi connectivity index (χ3n) is 1.53. The van der Waals surface area contributed by atoms with Gasteiger partial charge in [-0.1, -0.05) is 0 Å². The van der Waals surface area contributed by atoms with Gasteiger partial charge in [-0.05, 0) is 18.2 Å². The number of alkyl halides is 1. The summed E-state index contributed by atoms with van der Waals surface area (Å²) in [7, 11) is 0. The first-order chi connectivity index (χ1) is 6.63. The van der Waals surface area contributed by atoms with E-state index < -0.39 is 5.97 Å². The first kappa shape index (κ1) is 10.7. The van der Waals surface area contributed by atoms with Crippen molar-refractivity contribution in [3.05, 3.63) is 23.8 Å². The number of ether oxygens (including phenoxy) is 1. The van der Waals surface area contributed by atoms with Crippen LogP contribution >= 0.6 is 11.6 Å². The van der Waals surface area contributed by atoms with Crippen molar-refractivity contribution in [2.75, 3.05) is 12.5 Å². The molecule has 0 saturated heterocycles. The van der Waals surface area contributed by atoms with Crippen LogP contribution in [0.4, 0.5) is 0 Å². The van der Waals surface area contributed by atoms with Gasteiger partial charge in [0, 0.05) is 5.57 Å². The van der Waals surface area contributed by atoms with Crippen molar-refractivity contribution < 1.29 is 19.1 Å². The fourth-order valence-corrected chi connectivity index (χ4v) is 0.943. The fourth-order valence-electron chi connectivity index (χ4n) is 0.865. The Bertz CT molecular complexity index is 341. The molecular formula is C9H7ClO4. The van der Waals surface area contributed by atoms with Gasteiger partial charge in [0.2, 0.25) is 0 Å². The summed E-state index contributed by atoms with van der Waals surface area (Å²) >= 11 is 5.17. The number of carbonyl (C=O) groups excluding carboxylic acids is 3. The zero-order valence-electron chi connectivity index (χ0n) is 7.16. The molecule has 4 nitrogen and oxygen atoms in total. The molecule has 0 spiro atoms. The van der Waals surface area contributed by atoms with Crippen LogP contribution < -0.4 is 0 Å². The summed E-state index contributed by atoms with van der Waals surface area (Å²) in [5.41, 5.74) is 0.163. The van der Waals surface area contributed by atoms with Gasteiger partial charge in [0.15, 0.2) is 11.6 Å². The van der Waals surface area contributed by atoms with Crippen LogP contribution in [-0.4, -0.2) is 30.0 Å². The van der Waals surface area contributed by atoms with E-state index in [0.717, 1.165) is 18.2 Å². The number of allylic oxidation sites excluding steroid dienone is 3. The van der Waals surface area contributed by atoms with E-state index in [9.17, 15) is 14.4 Å². The van der Waals surface area contributed by atoms with E-state index in [0.29, 0.717) is 0 Å². The van der Waals surface area contributed by atoms with Crippen molar-refractivity contribution in [1.82, 2.24) is 0 Å². The van der Waals surface area contributed by atoms with Crippen LogP contribution in [0.15, 0.2) is 23.8 Å². The van der Waals surface area contributed by atoms with Gasteiger partial charge in [0.1, 0.15) is 12.5 Å². The molecule has 5 heteroatoms. The molecule has 74 valence electrons. The maximum absolute atomic E-state index is 11.1. The zero-order chi connectivity index (χ0) is 10.6. The number of ketones is 2. The van der Waals surface area contributed by atoms with Crippen molar-refractivity contribution >= 4 is 29.1 Å². The van der Waals surface area contributed by atoms with E-state index in [4.69, 9.17) is 11.6 Å². The summed E-state index contributed by atoms with van der Waals surface area (Å²) in [6.07, 6.45) is 3.45. The molecule has 1 aliphatic rings. The van der Waals surface area contributed by atoms with Gasteiger partial charge in [-0.25, -0.2) is 0 Å². The highest BCUT2D eigenvalue weighted by Crippen LogP contribution is 2.05. The fraction of sp³-hybridized carbons (Fsp3) is 0.222. The molecule has 0 saturated carbocycles. The molecule has 0 N–H and O–H groups in total. The van der Waals surface area contributed by atoms with Crippen LogP contribution in [0.1, 0.15) is 0 Å². The van der Waals surface area contributed by atoms with Gasteiger partial charge in [0.25, 0.3) is 0 Å². The van der Waals surface area contributed by atoms with E-state index in [-0.39, 0.29) is 29.6 Å². The molecule has 0 atom stereocenters. The maximum Gasteiger partial charge on any atom is 0.321 e. The molecule has 1 rings (SSSR count). The predicted octanol–water partition coefficient (Wildman–Crippen LogP) is 0.403. The molecule has 0 fully saturated rings. The molecule has 0 aromatic carbocycles. The first-order valence-electron chi connectivity index (χ1n) is 3.82. The second-order valence-electron chi connectivity index (χ2n) is 2.56. The molecule has 14 heavy (non-hydrogen) atoms. The Morgan fingerprint density at radius 1 is 1.36 bits per heavy atom. The molecule has 0 heterocycles. The predicted molar refractivity (Wildman–Crippen MR) is 48.9 cm³/mol. The summed E-state index contributed by atoms with van der Waals surface area (Å²) in [5, 5.41) is 0. The lowest BCUT2D eigenvalue weighted by Crippen LogP contribution is -2.16. The van der Waals surface area contributed by atoms with Gasteiger partial charge in [-0.15, -0.1) is 11.6 Å². The average molecular weight is 215 g/mol. The highest BCUT2D eigenvalue weighted by atomic mass is 35.5. The van der Waals surface area contributed by atoms with E-state index in [2.05, 4.69) is 4.74 Å². The highest BCUT2D eigenvalue weighted by Gasteiger charge is 2.14. The standard InChI is InChI=1S/C9H7ClO4/c10-4-9(13)14-5-6-3-7(11)1-2-8(6)12/h1-3H,4-5H2. The minimum atomic E-state index is -0.623. The Morgan fingerprint density at radius 2 is 2.07 bits per heavy atom. The van der Waals surface area contributed by atoms with Crippen LogP contribution in [0.5, 0.6) is 0 Å². The summed E-state index contributed by atoms with van der Waals surface area (Å²) in [5.74, 6) is -1.51. The molecule has 0 radical (unpaired) electrons. The molecule has 0 amide bonds. The lowest BCUT2D eigenvalue weighted by atomic mass is 10.1. The Morgan fingerprint density at radius 3 is 2.71 bits per heavy atom. The van der Waals surface area contributed by atoms with Gasteiger partial charge in [-0.3, -0.25) is 14.4 Å². The number of rotatable bonds is 3. The molecule has 0 bridgehead atoms. The number of esters is 1. The van der Waals surface area contributed by atoms with Crippen molar-refractivity contribution in [2.24, 2.45) is 0 Å². The second kappa shape index (κ2) is 4.72. The monoisotopic (exact) mass is 214 g/mol. The summed E-state index contributed by atoms with van der Waals surface area (Å²) in [6.45, 7) is -0.208. The second-order valence-corrected chi connectivity index (χ2v) is 2.83. The number of carbonyl (C=O) groups is 3. The lowest BCUT2D eigenvalue weighted by molar-refractivity contribution is -0.139. The first-order valence-corrected chi connectivity index (χ1v) is 4.35. The average Bonchev–Trinajstić information content (AvgIpc) is 2.19. The molecule has 0 unspecified atom stereocenters. The summed E-state index contributed by atoms with van der Waals surface area (Å²) in [6, 6.07) is 0. The molecule has 0 aliphatic heterocycles. The maximum atomic E-state index is 11.1. The Kier molecular flexibility index (Phi) is 3.59. The van der Waals surface area contributed by atoms with Crippen LogP contribution in [-0.2, 0) is 19.1 Å². The molecular weight excluding hydrogens is 208 g/mol. The smallest absolute Gasteiger partial charge is 0.321 e. The molecule has 1 aliphatic carbocycles. The van der Waals surface area contributed by atoms with Crippen LogP contribution in [0.25, 0.3) is 0 Å². The number of hydrogen-bond donors (Lipinski definition) is 0. The van der Waals surface area contributed by atoms with E-state index in [1.165, 1.54) is 0 Å². The topological polar surface area (TPSA) is 60.4 Å². The number of hydrogen-bond acceptors (Lipinski definition) is 4. The van der Waals surface area contributed by atoms with Crippen LogP contribution in [0.3, 0.4) is 0 Å².